The number of nitrogens with one attached hydrogen (secondary N) is 1. The first-order valence-electron chi connectivity index (χ1n) is 5.51. The maximum Gasteiger partial charge on any atom is 0.229 e. The zero-order valence-corrected chi connectivity index (χ0v) is 9.01. The first kappa shape index (κ1) is 11.2. The molecule has 1 fully saturated rings. The van der Waals surface area contributed by atoms with E-state index >= 15 is 0 Å². The summed E-state index contributed by atoms with van der Waals surface area (Å²) in [6.45, 7) is 4.31. The van der Waals surface area contributed by atoms with E-state index in [2.05, 4.69) is 19.2 Å². The molecule has 1 rings (SSSR count). The number of carbonyl (C=O) groups is 2. The average Bonchev–Trinajstić information content (AvgIpc) is 2.17. The van der Waals surface area contributed by atoms with E-state index in [1.807, 2.05) is 0 Å². The molecule has 14 heavy (non-hydrogen) atoms. The fraction of sp³-hybridized carbons (Fsp3) is 0.818. The third-order valence-corrected chi connectivity index (χ3v) is 3.13. The summed E-state index contributed by atoms with van der Waals surface area (Å²) < 4.78 is 0. The van der Waals surface area contributed by atoms with Crippen LogP contribution in [0.4, 0.5) is 0 Å². The largest absolute Gasteiger partial charge is 0.296 e. The Morgan fingerprint density at radius 1 is 1.36 bits per heavy atom. The number of amides is 2. The zero-order valence-electron chi connectivity index (χ0n) is 9.01. The van der Waals surface area contributed by atoms with Crippen molar-refractivity contribution in [3.05, 3.63) is 0 Å². The van der Waals surface area contributed by atoms with E-state index in [1.54, 1.807) is 0 Å². The second-order valence-corrected chi connectivity index (χ2v) is 4.07. The lowest BCUT2D eigenvalue weighted by molar-refractivity contribution is -0.136. The summed E-state index contributed by atoms with van der Waals surface area (Å²) in [5.74, 6) is 0.514. The number of rotatable bonds is 4. The molecule has 1 aliphatic rings. The lowest BCUT2D eigenvalue weighted by atomic mass is 9.86. The summed E-state index contributed by atoms with van der Waals surface area (Å²) in [5, 5.41) is 2.41. The van der Waals surface area contributed by atoms with Gasteiger partial charge in [-0.15, -0.1) is 0 Å². The van der Waals surface area contributed by atoms with Gasteiger partial charge in [-0.2, -0.15) is 0 Å². The molecule has 0 aromatic carbocycles. The van der Waals surface area contributed by atoms with Crippen molar-refractivity contribution in [2.45, 2.75) is 46.0 Å². The van der Waals surface area contributed by atoms with E-state index in [9.17, 15) is 9.59 Å². The molecular formula is C11H19NO2. The number of piperidine rings is 1. The van der Waals surface area contributed by atoms with Gasteiger partial charge >= 0.3 is 0 Å². The van der Waals surface area contributed by atoms with Gasteiger partial charge in [-0.1, -0.05) is 26.7 Å². The predicted octanol–water partition coefficient (Wildman–Crippen LogP) is 1.87. The topological polar surface area (TPSA) is 46.2 Å². The zero-order chi connectivity index (χ0) is 10.6. The predicted molar refractivity (Wildman–Crippen MR) is 54.6 cm³/mol. The Hall–Kier alpha value is -0.860. The second kappa shape index (κ2) is 5.13. The lowest BCUT2D eigenvalue weighted by Gasteiger charge is -2.24. The molecule has 0 spiro atoms. The molecule has 1 aliphatic heterocycles. The quantitative estimate of drug-likeness (QED) is 0.699. The molecule has 2 amide bonds. The molecule has 0 aromatic rings. The van der Waals surface area contributed by atoms with Crippen LogP contribution in [0.5, 0.6) is 0 Å². The number of imide groups is 1. The fourth-order valence-electron chi connectivity index (χ4n) is 1.99. The van der Waals surface area contributed by atoms with Gasteiger partial charge in [0.2, 0.25) is 11.8 Å². The van der Waals surface area contributed by atoms with Crippen LogP contribution in [0.1, 0.15) is 46.0 Å². The van der Waals surface area contributed by atoms with Crippen LogP contribution in [0.15, 0.2) is 0 Å². The maximum absolute atomic E-state index is 11.4. The van der Waals surface area contributed by atoms with Crippen molar-refractivity contribution in [2.24, 2.45) is 11.8 Å². The van der Waals surface area contributed by atoms with Gasteiger partial charge in [-0.05, 0) is 18.8 Å². The van der Waals surface area contributed by atoms with Gasteiger partial charge in [0.15, 0.2) is 0 Å². The Morgan fingerprint density at radius 3 is 2.50 bits per heavy atom. The maximum atomic E-state index is 11.4. The van der Waals surface area contributed by atoms with Crippen molar-refractivity contribution >= 4 is 11.8 Å². The van der Waals surface area contributed by atoms with E-state index in [0.29, 0.717) is 12.3 Å². The monoisotopic (exact) mass is 197 g/mol. The second-order valence-electron chi connectivity index (χ2n) is 4.07. The Bertz CT molecular complexity index is 221. The number of carbonyl (C=O) groups excluding carboxylic acids is 2. The van der Waals surface area contributed by atoms with Crippen molar-refractivity contribution in [3.63, 3.8) is 0 Å². The molecule has 0 saturated carbocycles. The smallest absolute Gasteiger partial charge is 0.229 e. The highest BCUT2D eigenvalue weighted by molar-refractivity contribution is 5.98. The van der Waals surface area contributed by atoms with Gasteiger partial charge in [0.1, 0.15) is 0 Å². The first-order valence-corrected chi connectivity index (χ1v) is 5.51. The summed E-state index contributed by atoms with van der Waals surface area (Å²) in [6, 6.07) is 0. The van der Waals surface area contributed by atoms with Crippen LogP contribution >= 0.6 is 0 Å². The van der Waals surface area contributed by atoms with Crippen molar-refractivity contribution in [1.29, 1.82) is 0 Å². The highest BCUT2D eigenvalue weighted by atomic mass is 16.2. The van der Waals surface area contributed by atoms with Crippen LogP contribution in [0, 0.1) is 11.8 Å². The molecule has 0 aromatic heterocycles. The van der Waals surface area contributed by atoms with Crippen molar-refractivity contribution in [2.75, 3.05) is 0 Å². The number of hydrogen-bond acceptors (Lipinski definition) is 2. The first-order chi connectivity index (χ1) is 6.67. The van der Waals surface area contributed by atoms with Gasteiger partial charge in [-0.25, -0.2) is 0 Å². The van der Waals surface area contributed by atoms with Gasteiger partial charge in [0.05, 0.1) is 0 Å². The van der Waals surface area contributed by atoms with E-state index in [-0.39, 0.29) is 17.7 Å². The summed E-state index contributed by atoms with van der Waals surface area (Å²) in [5.41, 5.74) is 0. The average molecular weight is 197 g/mol. The normalized spacial score (nSPS) is 22.6. The minimum absolute atomic E-state index is 0.0619. The van der Waals surface area contributed by atoms with E-state index in [1.165, 1.54) is 0 Å². The molecular weight excluding hydrogens is 178 g/mol. The van der Waals surface area contributed by atoms with Crippen molar-refractivity contribution in [3.8, 4) is 0 Å². The summed E-state index contributed by atoms with van der Waals surface area (Å²) in [4.78, 5) is 22.4. The number of hydrogen-bond donors (Lipinski definition) is 1. The molecule has 0 radical (unpaired) electrons. The third-order valence-electron chi connectivity index (χ3n) is 3.13. The highest BCUT2D eigenvalue weighted by Gasteiger charge is 2.27. The molecule has 1 saturated heterocycles. The summed E-state index contributed by atoms with van der Waals surface area (Å²) in [6.07, 6.45) is 4.42. The standard InChI is InChI=1S/C11H19NO2/c1-3-8(4-2)7-9-5-6-10(13)12-11(9)14/h8-9H,3-7H2,1-2H3,(H,12,13,14). The van der Waals surface area contributed by atoms with Gasteiger partial charge in [-0.3, -0.25) is 14.9 Å². The molecule has 80 valence electrons. The van der Waals surface area contributed by atoms with Crippen LogP contribution in [0.25, 0.3) is 0 Å². The van der Waals surface area contributed by atoms with E-state index in [0.717, 1.165) is 25.7 Å². The summed E-state index contributed by atoms with van der Waals surface area (Å²) in [7, 11) is 0. The molecule has 3 nitrogen and oxygen atoms in total. The van der Waals surface area contributed by atoms with Crippen LogP contribution in [-0.4, -0.2) is 11.8 Å². The minimum Gasteiger partial charge on any atom is -0.296 e. The lowest BCUT2D eigenvalue weighted by Crippen LogP contribution is -2.41. The summed E-state index contributed by atoms with van der Waals surface area (Å²) >= 11 is 0. The van der Waals surface area contributed by atoms with E-state index in [4.69, 9.17) is 0 Å². The molecule has 1 atom stereocenters. The van der Waals surface area contributed by atoms with Gasteiger partial charge in [0.25, 0.3) is 0 Å². The van der Waals surface area contributed by atoms with Gasteiger partial charge < -0.3 is 0 Å². The van der Waals surface area contributed by atoms with Crippen LogP contribution in [-0.2, 0) is 9.59 Å². The Labute approximate surface area is 85.3 Å². The molecule has 1 heterocycles. The van der Waals surface area contributed by atoms with Crippen LogP contribution in [0.2, 0.25) is 0 Å². The third kappa shape index (κ3) is 2.82. The SMILES string of the molecule is CCC(CC)CC1CCC(=O)NC1=O. The van der Waals surface area contributed by atoms with Crippen LogP contribution < -0.4 is 5.32 Å². The Morgan fingerprint density at radius 2 is 2.00 bits per heavy atom. The van der Waals surface area contributed by atoms with Gasteiger partial charge in [0, 0.05) is 12.3 Å². The molecule has 0 aliphatic carbocycles. The minimum atomic E-state index is -0.115. The molecule has 1 N–H and O–H groups in total. The Balaban J connectivity index is 2.44. The highest BCUT2D eigenvalue weighted by Crippen LogP contribution is 2.24. The molecule has 3 heteroatoms. The molecule has 1 unspecified atom stereocenters. The van der Waals surface area contributed by atoms with Crippen molar-refractivity contribution in [1.82, 2.24) is 5.32 Å². The van der Waals surface area contributed by atoms with Crippen molar-refractivity contribution < 1.29 is 9.59 Å². The Kier molecular flexibility index (Phi) is 4.11. The fourth-order valence-corrected chi connectivity index (χ4v) is 1.99. The van der Waals surface area contributed by atoms with E-state index < -0.39 is 0 Å². The van der Waals surface area contributed by atoms with Crippen LogP contribution in [0.3, 0.4) is 0 Å². The molecule has 0 bridgehead atoms.